The Balaban J connectivity index is 1.69. The number of halogens is 1. The molecule has 146 valence electrons. The number of hydrogen-bond donors (Lipinski definition) is 1. The van der Waals surface area contributed by atoms with E-state index in [1.807, 2.05) is 31.2 Å². The number of nitrogens with zero attached hydrogens (tertiary/aromatic N) is 2. The average molecular weight is 397 g/mol. The van der Waals surface area contributed by atoms with Crippen LogP contribution < -0.4 is 4.74 Å². The molecule has 0 bridgehead atoms. The molecule has 28 heavy (non-hydrogen) atoms. The number of benzene rings is 2. The van der Waals surface area contributed by atoms with Gasteiger partial charge in [-0.05, 0) is 60.9 Å². The Kier molecular flexibility index (Phi) is 5.60. The topological polar surface area (TPSA) is 37.6 Å². The minimum absolute atomic E-state index is 0.152. The zero-order valence-corrected chi connectivity index (χ0v) is 16.8. The van der Waals surface area contributed by atoms with Crippen LogP contribution in [0.1, 0.15) is 36.2 Å². The molecule has 0 fully saturated rings. The molecule has 1 aliphatic heterocycles. The normalized spacial score (nSPS) is 17.1. The third kappa shape index (κ3) is 3.89. The summed E-state index contributed by atoms with van der Waals surface area (Å²) in [5, 5.41) is 10.8. The van der Waals surface area contributed by atoms with Crippen LogP contribution in [0, 0.1) is 0 Å². The van der Waals surface area contributed by atoms with Gasteiger partial charge in [0.15, 0.2) is 11.5 Å². The van der Waals surface area contributed by atoms with Crippen LogP contribution in [0.2, 0.25) is 5.02 Å². The summed E-state index contributed by atoms with van der Waals surface area (Å²) in [6.07, 6.45) is 3.25. The van der Waals surface area contributed by atoms with Gasteiger partial charge in [-0.2, -0.15) is 0 Å². The standard InChI is InChI=1S/C23H25ClN2O2/c1-2-28-22-15-17(6-11-21(22)27)16-26-14-4-13-25-12-3-5-20(25)23(26)18-7-9-19(24)10-8-18/h3,5-12,15,23,27H,2,4,13-14,16H2,1H3/t23-/m1/s1. The first-order chi connectivity index (χ1) is 13.7. The Morgan fingerprint density at radius 1 is 1.11 bits per heavy atom. The highest BCUT2D eigenvalue weighted by Gasteiger charge is 2.27. The van der Waals surface area contributed by atoms with Crippen LogP contribution in [0.15, 0.2) is 60.8 Å². The van der Waals surface area contributed by atoms with Crippen LogP contribution in [0.5, 0.6) is 11.5 Å². The van der Waals surface area contributed by atoms with Crippen molar-refractivity contribution in [1.29, 1.82) is 0 Å². The summed E-state index contributed by atoms with van der Waals surface area (Å²) in [7, 11) is 0. The SMILES string of the molecule is CCOc1cc(CN2CCCn3cccc3[C@H]2c2ccc(Cl)cc2)ccc1O. The fourth-order valence-electron chi connectivity index (χ4n) is 4.00. The van der Waals surface area contributed by atoms with Gasteiger partial charge in [-0.1, -0.05) is 29.8 Å². The Bertz CT molecular complexity index is 936. The van der Waals surface area contributed by atoms with Crippen molar-refractivity contribution in [3.63, 3.8) is 0 Å². The number of aromatic hydroxyl groups is 1. The third-order valence-corrected chi connectivity index (χ3v) is 5.50. The quantitative estimate of drug-likeness (QED) is 0.640. The van der Waals surface area contributed by atoms with Gasteiger partial charge >= 0.3 is 0 Å². The summed E-state index contributed by atoms with van der Waals surface area (Å²) in [4.78, 5) is 2.49. The van der Waals surface area contributed by atoms with Crippen molar-refractivity contribution in [1.82, 2.24) is 9.47 Å². The van der Waals surface area contributed by atoms with Gasteiger partial charge in [0.1, 0.15) is 0 Å². The molecule has 0 spiro atoms. The molecule has 4 nitrogen and oxygen atoms in total. The van der Waals surface area contributed by atoms with Crippen molar-refractivity contribution in [2.45, 2.75) is 32.5 Å². The van der Waals surface area contributed by atoms with E-state index in [9.17, 15) is 5.11 Å². The summed E-state index contributed by atoms with van der Waals surface area (Å²) in [5.41, 5.74) is 3.65. The summed E-state index contributed by atoms with van der Waals surface area (Å²) in [5.74, 6) is 0.728. The smallest absolute Gasteiger partial charge is 0.161 e. The fraction of sp³-hybridized carbons (Fsp3) is 0.304. The van der Waals surface area contributed by atoms with Crippen LogP contribution in [0.25, 0.3) is 0 Å². The van der Waals surface area contributed by atoms with E-state index in [0.717, 1.165) is 36.6 Å². The molecule has 0 saturated carbocycles. The summed E-state index contributed by atoms with van der Waals surface area (Å²) < 4.78 is 7.92. The van der Waals surface area contributed by atoms with E-state index in [1.54, 1.807) is 6.07 Å². The monoisotopic (exact) mass is 396 g/mol. The van der Waals surface area contributed by atoms with E-state index < -0.39 is 0 Å². The maximum Gasteiger partial charge on any atom is 0.161 e. The summed E-state index contributed by atoms with van der Waals surface area (Å²) in [6, 6.07) is 18.3. The molecular formula is C23H25ClN2O2. The third-order valence-electron chi connectivity index (χ3n) is 5.25. The first kappa shape index (κ1) is 18.9. The second-order valence-electron chi connectivity index (χ2n) is 7.14. The fourth-order valence-corrected chi connectivity index (χ4v) is 4.12. The van der Waals surface area contributed by atoms with Gasteiger partial charge in [0.2, 0.25) is 0 Å². The van der Waals surface area contributed by atoms with Crippen molar-refractivity contribution in [2.75, 3.05) is 13.2 Å². The Morgan fingerprint density at radius 3 is 2.71 bits per heavy atom. The lowest BCUT2D eigenvalue weighted by atomic mass is 10.0. The van der Waals surface area contributed by atoms with E-state index in [0.29, 0.717) is 12.4 Å². The van der Waals surface area contributed by atoms with Crippen LogP contribution in [0.4, 0.5) is 0 Å². The average Bonchev–Trinajstić information content (AvgIpc) is 3.07. The van der Waals surface area contributed by atoms with Crippen molar-refractivity contribution in [2.24, 2.45) is 0 Å². The van der Waals surface area contributed by atoms with Gasteiger partial charge in [-0.25, -0.2) is 0 Å². The number of fused-ring (bicyclic) bond motifs is 1. The van der Waals surface area contributed by atoms with Crippen LogP contribution in [-0.2, 0) is 13.1 Å². The van der Waals surface area contributed by atoms with Crippen LogP contribution in [-0.4, -0.2) is 27.7 Å². The van der Waals surface area contributed by atoms with E-state index in [-0.39, 0.29) is 11.8 Å². The Morgan fingerprint density at radius 2 is 1.93 bits per heavy atom. The molecule has 1 aliphatic rings. The molecule has 0 radical (unpaired) electrons. The number of aryl methyl sites for hydroxylation is 1. The Labute approximate surface area is 170 Å². The molecule has 1 N–H and O–H groups in total. The lowest BCUT2D eigenvalue weighted by molar-refractivity contribution is 0.219. The van der Waals surface area contributed by atoms with E-state index in [2.05, 4.69) is 39.9 Å². The highest BCUT2D eigenvalue weighted by Crippen LogP contribution is 2.35. The molecular weight excluding hydrogens is 372 g/mol. The van der Waals surface area contributed by atoms with E-state index in [4.69, 9.17) is 16.3 Å². The zero-order valence-electron chi connectivity index (χ0n) is 16.0. The first-order valence-corrected chi connectivity index (χ1v) is 10.1. The van der Waals surface area contributed by atoms with Crippen molar-refractivity contribution in [3.8, 4) is 11.5 Å². The maximum atomic E-state index is 10.0. The van der Waals surface area contributed by atoms with Crippen molar-refractivity contribution < 1.29 is 9.84 Å². The number of ether oxygens (including phenoxy) is 1. The molecule has 0 saturated heterocycles. The van der Waals surface area contributed by atoms with Crippen molar-refractivity contribution in [3.05, 3.63) is 82.6 Å². The lowest BCUT2D eigenvalue weighted by Crippen LogP contribution is -2.29. The summed E-state index contributed by atoms with van der Waals surface area (Å²) in [6.45, 7) is 5.23. The predicted octanol–water partition coefficient (Wildman–Crippen LogP) is 5.24. The van der Waals surface area contributed by atoms with Crippen molar-refractivity contribution >= 4 is 11.6 Å². The van der Waals surface area contributed by atoms with Gasteiger partial charge in [-0.15, -0.1) is 0 Å². The van der Waals surface area contributed by atoms with Gasteiger partial charge in [0, 0.05) is 36.5 Å². The molecule has 2 heterocycles. The van der Waals surface area contributed by atoms with Gasteiger partial charge in [-0.3, -0.25) is 4.90 Å². The second-order valence-corrected chi connectivity index (χ2v) is 7.58. The van der Waals surface area contributed by atoms with Gasteiger partial charge in [0.25, 0.3) is 0 Å². The zero-order chi connectivity index (χ0) is 19.5. The number of rotatable bonds is 5. The molecule has 0 amide bonds. The lowest BCUT2D eigenvalue weighted by Gasteiger charge is -2.31. The van der Waals surface area contributed by atoms with Gasteiger partial charge < -0.3 is 14.4 Å². The number of phenols is 1. The first-order valence-electron chi connectivity index (χ1n) is 9.75. The minimum Gasteiger partial charge on any atom is -0.504 e. The van der Waals surface area contributed by atoms with Crippen LogP contribution in [0.3, 0.4) is 0 Å². The molecule has 0 unspecified atom stereocenters. The minimum atomic E-state index is 0.152. The molecule has 2 aromatic carbocycles. The van der Waals surface area contributed by atoms with E-state index in [1.165, 1.54) is 11.3 Å². The molecule has 1 aromatic heterocycles. The Hall–Kier alpha value is -2.43. The molecule has 3 aromatic rings. The van der Waals surface area contributed by atoms with Gasteiger partial charge in [0.05, 0.1) is 12.6 Å². The highest BCUT2D eigenvalue weighted by atomic mass is 35.5. The molecule has 1 atom stereocenters. The summed E-state index contributed by atoms with van der Waals surface area (Å²) >= 11 is 6.13. The number of hydrogen-bond acceptors (Lipinski definition) is 3. The second kappa shape index (κ2) is 8.29. The molecule has 4 rings (SSSR count). The number of aromatic nitrogens is 1. The van der Waals surface area contributed by atoms with Crippen LogP contribution >= 0.6 is 11.6 Å². The largest absolute Gasteiger partial charge is 0.504 e. The number of phenolic OH excluding ortho intramolecular Hbond substituents is 1. The van der Waals surface area contributed by atoms with E-state index >= 15 is 0 Å². The molecule has 5 heteroatoms. The maximum absolute atomic E-state index is 10.0. The highest BCUT2D eigenvalue weighted by molar-refractivity contribution is 6.30. The predicted molar refractivity (Wildman–Crippen MR) is 112 cm³/mol. The molecule has 0 aliphatic carbocycles.